The summed E-state index contributed by atoms with van der Waals surface area (Å²) in [7, 11) is -2.58. The van der Waals surface area contributed by atoms with Gasteiger partial charge in [0.05, 0.1) is 7.11 Å². The van der Waals surface area contributed by atoms with Crippen LogP contribution in [0.25, 0.3) is 0 Å². The standard InChI is InChI=1S/C17H16N2O4S2/c1-12-4-7-14(8-5-12)25(20,21)23-19-15(11-18)13-6-9-17(24-3)16(10-13)22-2/h4-10H,1-3H3/b19-15-. The van der Waals surface area contributed by atoms with Gasteiger partial charge in [-0.15, -0.1) is 11.8 Å². The molecule has 8 heteroatoms. The number of rotatable bonds is 6. The second-order valence-electron chi connectivity index (χ2n) is 4.96. The average Bonchev–Trinajstić information content (AvgIpc) is 2.62. The molecule has 2 aromatic carbocycles. The van der Waals surface area contributed by atoms with Gasteiger partial charge in [-0.3, -0.25) is 4.28 Å². The van der Waals surface area contributed by atoms with E-state index in [0.29, 0.717) is 11.3 Å². The molecular formula is C17H16N2O4S2. The van der Waals surface area contributed by atoms with Crippen LogP contribution in [-0.4, -0.2) is 27.5 Å². The first-order valence-electron chi connectivity index (χ1n) is 7.12. The smallest absolute Gasteiger partial charge is 0.358 e. The largest absolute Gasteiger partial charge is 0.496 e. The van der Waals surface area contributed by atoms with Crippen LogP contribution in [0.15, 0.2) is 57.4 Å². The molecule has 0 aliphatic heterocycles. The van der Waals surface area contributed by atoms with E-state index in [9.17, 15) is 13.7 Å². The highest BCUT2D eigenvalue weighted by Gasteiger charge is 2.17. The summed E-state index contributed by atoms with van der Waals surface area (Å²) < 4.78 is 34.2. The Balaban J connectivity index is 2.32. The summed E-state index contributed by atoms with van der Waals surface area (Å²) in [6, 6.07) is 13.0. The predicted octanol–water partition coefficient (Wildman–Crippen LogP) is 3.36. The Morgan fingerprint density at radius 1 is 1.20 bits per heavy atom. The lowest BCUT2D eigenvalue weighted by molar-refractivity contribution is 0.339. The first-order valence-corrected chi connectivity index (χ1v) is 9.75. The molecule has 0 N–H and O–H groups in total. The SMILES string of the molecule is COc1cc(/C(C#N)=N\OS(=O)(=O)c2ccc(C)cc2)ccc1SC. The molecule has 25 heavy (non-hydrogen) atoms. The van der Waals surface area contributed by atoms with Gasteiger partial charge in [0.25, 0.3) is 0 Å². The molecule has 0 aromatic heterocycles. The van der Waals surface area contributed by atoms with Crippen molar-refractivity contribution in [2.45, 2.75) is 16.7 Å². The minimum Gasteiger partial charge on any atom is -0.496 e. The van der Waals surface area contributed by atoms with Crippen molar-refractivity contribution in [1.29, 1.82) is 5.26 Å². The maximum absolute atomic E-state index is 12.2. The molecule has 0 aliphatic rings. The zero-order valence-electron chi connectivity index (χ0n) is 13.9. The molecule has 0 heterocycles. The quantitative estimate of drug-likeness (QED) is 0.436. The van der Waals surface area contributed by atoms with Crippen molar-refractivity contribution in [1.82, 2.24) is 0 Å². The summed E-state index contributed by atoms with van der Waals surface area (Å²) in [5.74, 6) is 0.564. The zero-order chi connectivity index (χ0) is 18.4. The number of thioether (sulfide) groups is 1. The van der Waals surface area contributed by atoms with Gasteiger partial charge in [0, 0.05) is 10.5 Å². The number of nitriles is 1. The van der Waals surface area contributed by atoms with Crippen LogP contribution in [0.3, 0.4) is 0 Å². The van der Waals surface area contributed by atoms with Crippen molar-refractivity contribution < 1.29 is 17.4 Å². The summed E-state index contributed by atoms with van der Waals surface area (Å²) in [5, 5.41) is 12.8. The van der Waals surface area contributed by atoms with Gasteiger partial charge in [0.1, 0.15) is 16.7 Å². The fourth-order valence-electron chi connectivity index (χ4n) is 1.96. The van der Waals surface area contributed by atoms with Gasteiger partial charge >= 0.3 is 10.1 Å². The first kappa shape index (κ1) is 18.8. The molecular weight excluding hydrogens is 360 g/mol. The Morgan fingerprint density at radius 2 is 1.88 bits per heavy atom. The normalized spacial score (nSPS) is 11.7. The molecule has 0 atom stereocenters. The highest BCUT2D eigenvalue weighted by Crippen LogP contribution is 2.28. The van der Waals surface area contributed by atoms with Crippen molar-refractivity contribution in [2.24, 2.45) is 5.16 Å². The molecule has 2 rings (SSSR count). The van der Waals surface area contributed by atoms with Crippen molar-refractivity contribution in [3.05, 3.63) is 53.6 Å². The number of hydrogen-bond donors (Lipinski definition) is 0. The number of nitrogens with zero attached hydrogens (tertiary/aromatic N) is 2. The molecule has 0 saturated heterocycles. The van der Waals surface area contributed by atoms with Crippen LogP contribution in [0.2, 0.25) is 0 Å². The number of hydrogen-bond acceptors (Lipinski definition) is 7. The number of benzene rings is 2. The van der Waals surface area contributed by atoms with E-state index >= 15 is 0 Å². The third-order valence-corrected chi connectivity index (χ3v) is 5.20. The lowest BCUT2D eigenvalue weighted by Gasteiger charge is -2.08. The van der Waals surface area contributed by atoms with E-state index in [2.05, 4.69) is 9.44 Å². The lowest BCUT2D eigenvalue weighted by Crippen LogP contribution is -2.06. The Kier molecular flexibility index (Phi) is 6.07. The van der Waals surface area contributed by atoms with Gasteiger partial charge in [0.15, 0.2) is 5.71 Å². The summed E-state index contributed by atoms with van der Waals surface area (Å²) in [6.45, 7) is 1.84. The summed E-state index contributed by atoms with van der Waals surface area (Å²) >= 11 is 1.49. The molecule has 0 amide bonds. The molecule has 0 aliphatic carbocycles. The molecule has 130 valence electrons. The Bertz CT molecular complexity index is 930. The maximum Gasteiger partial charge on any atom is 0.358 e. The zero-order valence-corrected chi connectivity index (χ0v) is 15.5. The Hall–Kier alpha value is -2.50. The highest BCUT2D eigenvalue weighted by atomic mass is 32.2. The van der Waals surface area contributed by atoms with Gasteiger partial charge in [-0.1, -0.05) is 28.9 Å². The fourth-order valence-corrected chi connectivity index (χ4v) is 3.23. The topological polar surface area (TPSA) is 88.8 Å². The van der Waals surface area contributed by atoms with Crippen molar-refractivity contribution in [3.8, 4) is 11.8 Å². The van der Waals surface area contributed by atoms with Crippen LogP contribution < -0.4 is 4.74 Å². The number of ether oxygens (including phenoxy) is 1. The van der Waals surface area contributed by atoms with Gasteiger partial charge in [-0.25, -0.2) is 0 Å². The van der Waals surface area contributed by atoms with Gasteiger partial charge in [-0.2, -0.15) is 13.7 Å². The van der Waals surface area contributed by atoms with Crippen LogP contribution in [0, 0.1) is 18.3 Å². The van der Waals surface area contributed by atoms with E-state index < -0.39 is 10.1 Å². The van der Waals surface area contributed by atoms with Crippen molar-refractivity contribution in [3.63, 3.8) is 0 Å². The second kappa shape index (κ2) is 8.05. The molecule has 0 fully saturated rings. The minimum absolute atomic E-state index is 0.0329. The van der Waals surface area contributed by atoms with E-state index in [0.717, 1.165) is 10.5 Å². The van der Waals surface area contributed by atoms with Crippen LogP contribution in [0.4, 0.5) is 0 Å². The van der Waals surface area contributed by atoms with Gasteiger partial charge < -0.3 is 4.74 Å². The molecule has 0 radical (unpaired) electrons. The summed E-state index contributed by atoms with van der Waals surface area (Å²) in [6.07, 6.45) is 1.90. The van der Waals surface area contributed by atoms with Crippen LogP contribution in [0.1, 0.15) is 11.1 Å². The van der Waals surface area contributed by atoms with Gasteiger partial charge in [-0.05, 0) is 37.4 Å². The number of aryl methyl sites for hydroxylation is 1. The minimum atomic E-state index is -4.09. The molecule has 2 aromatic rings. The van der Waals surface area contributed by atoms with E-state index in [1.165, 1.54) is 31.0 Å². The van der Waals surface area contributed by atoms with E-state index in [4.69, 9.17) is 4.74 Å². The lowest BCUT2D eigenvalue weighted by atomic mass is 10.1. The Morgan fingerprint density at radius 3 is 2.44 bits per heavy atom. The molecule has 0 saturated carbocycles. The average molecular weight is 376 g/mol. The van der Waals surface area contributed by atoms with Crippen LogP contribution in [-0.2, 0) is 14.4 Å². The van der Waals surface area contributed by atoms with E-state index in [-0.39, 0.29) is 10.6 Å². The first-order chi connectivity index (χ1) is 11.9. The highest BCUT2D eigenvalue weighted by molar-refractivity contribution is 7.98. The molecule has 0 unspecified atom stereocenters. The molecule has 0 spiro atoms. The second-order valence-corrected chi connectivity index (χ2v) is 7.34. The number of oxime groups is 1. The van der Waals surface area contributed by atoms with Crippen LogP contribution in [0.5, 0.6) is 5.75 Å². The van der Waals surface area contributed by atoms with Gasteiger partial charge in [0.2, 0.25) is 0 Å². The van der Waals surface area contributed by atoms with Crippen molar-refractivity contribution in [2.75, 3.05) is 13.4 Å². The third kappa shape index (κ3) is 4.53. The fraction of sp³-hybridized carbons (Fsp3) is 0.176. The number of methoxy groups -OCH3 is 1. The van der Waals surface area contributed by atoms with Crippen LogP contribution >= 0.6 is 11.8 Å². The van der Waals surface area contributed by atoms with E-state index in [1.54, 1.807) is 30.3 Å². The summed E-state index contributed by atoms with van der Waals surface area (Å²) in [5.41, 5.74) is 1.15. The molecule has 0 bridgehead atoms. The summed E-state index contributed by atoms with van der Waals surface area (Å²) in [4.78, 5) is 0.853. The predicted molar refractivity (Wildman–Crippen MR) is 96.4 cm³/mol. The molecule has 6 nitrogen and oxygen atoms in total. The van der Waals surface area contributed by atoms with Crippen molar-refractivity contribution >= 4 is 27.6 Å². The maximum atomic E-state index is 12.2. The van der Waals surface area contributed by atoms with E-state index in [1.807, 2.05) is 19.2 Å². The monoisotopic (exact) mass is 376 g/mol. The Labute approximate surface area is 151 Å². The third-order valence-electron chi connectivity index (χ3n) is 3.30.